The lowest BCUT2D eigenvalue weighted by Crippen LogP contribution is -2.45. The summed E-state index contributed by atoms with van der Waals surface area (Å²) in [5.74, 6) is 6.85. The van der Waals surface area contributed by atoms with E-state index in [2.05, 4.69) is 10.4 Å². The van der Waals surface area contributed by atoms with Crippen molar-refractivity contribution in [3.8, 4) is 5.88 Å². The molecule has 1 aromatic rings. The van der Waals surface area contributed by atoms with E-state index in [4.69, 9.17) is 20.1 Å². The van der Waals surface area contributed by atoms with Crippen molar-refractivity contribution in [2.45, 2.75) is 30.9 Å². The Morgan fingerprint density at radius 3 is 3.14 bits per heavy atom. The van der Waals surface area contributed by atoms with Crippen molar-refractivity contribution in [2.24, 2.45) is 11.8 Å². The second-order valence-corrected chi connectivity index (χ2v) is 5.83. The minimum absolute atomic E-state index is 0.00928. The molecule has 0 aromatic carbocycles. The molecule has 3 atom stereocenters. The van der Waals surface area contributed by atoms with Gasteiger partial charge in [0.1, 0.15) is 0 Å². The molecule has 0 saturated carbocycles. The number of rotatable bonds is 4. The summed E-state index contributed by atoms with van der Waals surface area (Å²) >= 11 is 0. The number of hydrogen-bond donors (Lipinski definition) is 2. The molecule has 116 valence electrons. The first-order valence-electron chi connectivity index (χ1n) is 7.45. The van der Waals surface area contributed by atoms with Gasteiger partial charge in [-0.3, -0.25) is 11.3 Å². The monoisotopic (exact) mass is 293 g/mol. The van der Waals surface area contributed by atoms with Crippen LogP contribution in [0, 0.1) is 5.92 Å². The zero-order chi connectivity index (χ0) is 14.7. The van der Waals surface area contributed by atoms with Crippen LogP contribution >= 0.6 is 0 Å². The second kappa shape index (κ2) is 6.27. The third kappa shape index (κ3) is 2.89. The molecule has 3 rings (SSSR count). The lowest BCUT2D eigenvalue weighted by molar-refractivity contribution is -0.103. The molecule has 0 aliphatic carbocycles. The highest BCUT2D eigenvalue weighted by Crippen LogP contribution is 2.41. The van der Waals surface area contributed by atoms with Gasteiger partial charge in [-0.2, -0.15) is 0 Å². The van der Waals surface area contributed by atoms with E-state index in [-0.39, 0.29) is 11.6 Å². The molecule has 1 spiro atoms. The molecule has 6 heteroatoms. The number of hydrogen-bond acceptors (Lipinski definition) is 6. The largest absolute Gasteiger partial charge is 0.481 e. The topological polar surface area (TPSA) is 78.6 Å². The molecular weight excluding hydrogens is 270 g/mol. The van der Waals surface area contributed by atoms with Gasteiger partial charge in [0.05, 0.1) is 25.4 Å². The van der Waals surface area contributed by atoms with Crippen LogP contribution in [0.5, 0.6) is 5.88 Å². The molecule has 3 N–H and O–H groups in total. The van der Waals surface area contributed by atoms with E-state index in [1.807, 2.05) is 12.1 Å². The zero-order valence-corrected chi connectivity index (χ0v) is 12.4. The second-order valence-electron chi connectivity index (χ2n) is 5.83. The van der Waals surface area contributed by atoms with Crippen LogP contribution in [0.25, 0.3) is 0 Å². The number of aromatic nitrogens is 1. The molecule has 6 nitrogen and oxygen atoms in total. The maximum Gasteiger partial charge on any atom is 0.217 e. The van der Waals surface area contributed by atoms with E-state index >= 15 is 0 Å². The summed E-state index contributed by atoms with van der Waals surface area (Å²) in [6.45, 7) is 2.21. The van der Waals surface area contributed by atoms with E-state index in [9.17, 15) is 0 Å². The maximum atomic E-state index is 6.00. The lowest BCUT2D eigenvalue weighted by Gasteiger charge is -2.40. The summed E-state index contributed by atoms with van der Waals surface area (Å²) in [6, 6.07) is 3.94. The van der Waals surface area contributed by atoms with Gasteiger partial charge >= 0.3 is 0 Å². The highest BCUT2D eigenvalue weighted by atomic mass is 16.6. The third-order valence-corrected chi connectivity index (χ3v) is 4.58. The molecule has 0 amide bonds. The van der Waals surface area contributed by atoms with Gasteiger partial charge in [0.25, 0.3) is 0 Å². The Morgan fingerprint density at radius 2 is 2.43 bits per heavy atom. The van der Waals surface area contributed by atoms with Gasteiger partial charge in [-0.05, 0) is 24.8 Å². The molecule has 1 aromatic heterocycles. The average Bonchev–Trinajstić information content (AvgIpc) is 2.96. The van der Waals surface area contributed by atoms with Crippen molar-refractivity contribution >= 4 is 0 Å². The number of nitrogens with zero attached hydrogens (tertiary/aromatic N) is 1. The summed E-state index contributed by atoms with van der Waals surface area (Å²) in [5, 5.41) is 0. The fourth-order valence-corrected chi connectivity index (χ4v) is 3.50. The van der Waals surface area contributed by atoms with Crippen molar-refractivity contribution in [2.75, 3.05) is 26.9 Å². The van der Waals surface area contributed by atoms with E-state index in [1.165, 1.54) is 0 Å². The minimum atomic E-state index is -0.131. The van der Waals surface area contributed by atoms with Crippen molar-refractivity contribution < 1.29 is 14.2 Å². The molecule has 21 heavy (non-hydrogen) atoms. The van der Waals surface area contributed by atoms with Crippen molar-refractivity contribution in [3.63, 3.8) is 0 Å². The summed E-state index contributed by atoms with van der Waals surface area (Å²) in [4.78, 5) is 4.28. The first-order chi connectivity index (χ1) is 10.3. The van der Waals surface area contributed by atoms with Crippen LogP contribution < -0.4 is 16.0 Å². The van der Waals surface area contributed by atoms with Crippen LogP contribution in [-0.2, 0) is 9.47 Å². The van der Waals surface area contributed by atoms with Crippen LogP contribution in [-0.4, -0.2) is 37.5 Å². The van der Waals surface area contributed by atoms with Crippen LogP contribution in [0.15, 0.2) is 18.3 Å². The fraction of sp³-hybridized carbons (Fsp3) is 0.667. The maximum absolute atomic E-state index is 6.00. The first kappa shape index (κ1) is 14.7. The van der Waals surface area contributed by atoms with Crippen LogP contribution in [0.3, 0.4) is 0 Å². The predicted molar refractivity (Wildman–Crippen MR) is 77.7 cm³/mol. The van der Waals surface area contributed by atoms with Crippen molar-refractivity contribution in [1.29, 1.82) is 0 Å². The third-order valence-electron chi connectivity index (χ3n) is 4.58. The molecule has 3 unspecified atom stereocenters. The van der Waals surface area contributed by atoms with E-state index in [1.54, 1.807) is 13.3 Å². The van der Waals surface area contributed by atoms with E-state index in [0.717, 1.165) is 38.0 Å². The van der Waals surface area contributed by atoms with Crippen molar-refractivity contribution in [3.05, 3.63) is 23.9 Å². The molecule has 2 fully saturated rings. The van der Waals surface area contributed by atoms with Gasteiger partial charge in [-0.15, -0.1) is 0 Å². The standard InChI is InChI=1S/C15H23N3O3/c1-19-14-12(3-2-6-17-14)13(18-16)11-4-7-21-15(9-11)5-8-20-10-15/h2-3,6,11,13,18H,4-5,7-10,16H2,1H3. The van der Waals surface area contributed by atoms with Gasteiger partial charge in [-0.25, -0.2) is 4.98 Å². The van der Waals surface area contributed by atoms with Gasteiger partial charge in [-0.1, -0.05) is 6.07 Å². The SMILES string of the molecule is COc1ncccc1C(NN)C1CCOC2(CCOC2)C1. The van der Waals surface area contributed by atoms with Crippen molar-refractivity contribution in [1.82, 2.24) is 10.4 Å². The Morgan fingerprint density at radius 1 is 1.52 bits per heavy atom. The number of pyridine rings is 1. The van der Waals surface area contributed by atoms with Gasteiger partial charge < -0.3 is 14.2 Å². The summed E-state index contributed by atoms with van der Waals surface area (Å²) < 4.78 is 16.9. The molecule has 3 heterocycles. The molecule has 0 bridgehead atoms. The smallest absolute Gasteiger partial charge is 0.217 e. The minimum Gasteiger partial charge on any atom is -0.481 e. The lowest BCUT2D eigenvalue weighted by atomic mass is 9.79. The Kier molecular flexibility index (Phi) is 4.40. The predicted octanol–water partition coefficient (Wildman–Crippen LogP) is 1.18. The molecule has 2 aliphatic rings. The highest BCUT2D eigenvalue weighted by molar-refractivity contribution is 5.29. The first-order valence-corrected chi connectivity index (χ1v) is 7.45. The quantitative estimate of drug-likeness (QED) is 0.641. The molecule has 0 radical (unpaired) electrons. The van der Waals surface area contributed by atoms with Crippen LogP contribution in [0.2, 0.25) is 0 Å². The Balaban J connectivity index is 1.82. The van der Waals surface area contributed by atoms with Gasteiger partial charge in [0.2, 0.25) is 5.88 Å². The Labute approximate surface area is 124 Å². The van der Waals surface area contributed by atoms with E-state index in [0.29, 0.717) is 18.4 Å². The number of methoxy groups -OCH3 is 1. The average molecular weight is 293 g/mol. The summed E-state index contributed by atoms with van der Waals surface area (Å²) in [6.07, 6.45) is 4.60. The van der Waals surface area contributed by atoms with Crippen LogP contribution in [0.1, 0.15) is 30.9 Å². The van der Waals surface area contributed by atoms with Gasteiger partial charge in [0.15, 0.2) is 0 Å². The van der Waals surface area contributed by atoms with Gasteiger partial charge in [0, 0.05) is 31.4 Å². The number of ether oxygens (including phenoxy) is 3. The highest BCUT2D eigenvalue weighted by Gasteiger charge is 2.43. The summed E-state index contributed by atoms with van der Waals surface area (Å²) in [7, 11) is 1.63. The van der Waals surface area contributed by atoms with E-state index < -0.39 is 0 Å². The number of nitrogens with two attached hydrogens (primary N) is 1. The Hall–Kier alpha value is -1.21. The zero-order valence-electron chi connectivity index (χ0n) is 12.4. The molecule has 2 saturated heterocycles. The molecular formula is C15H23N3O3. The van der Waals surface area contributed by atoms with Crippen LogP contribution in [0.4, 0.5) is 0 Å². The fourth-order valence-electron chi connectivity index (χ4n) is 3.50. The Bertz CT molecular complexity index is 477. The number of nitrogens with one attached hydrogen (secondary N) is 1. The normalized spacial score (nSPS) is 30.5. The molecule has 2 aliphatic heterocycles. The number of hydrazine groups is 1. The summed E-state index contributed by atoms with van der Waals surface area (Å²) in [5.41, 5.74) is 3.82.